The lowest BCUT2D eigenvalue weighted by Gasteiger charge is -2.32. The van der Waals surface area contributed by atoms with Gasteiger partial charge < -0.3 is 4.48 Å². The Morgan fingerprint density at radius 1 is 0.773 bits per heavy atom. The molecule has 134 valence electrons. The third kappa shape index (κ3) is 14.9. The summed E-state index contributed by atoms with van der Waals surface area (Å²) in [5, 5.41) is 0. The van der Waals surface area contributed by atoms with Crippen molar-refractivity contribution in [3.63, 3.8) is 0 Å². The third-order valence-electron chi connectivity index (χ3n) is 4.81. The summed E-state index contributed by atoms with van der Waals surface area (Å²) in [6, 6.07) is 0. The highest BCUT2D eigenvalue weighted by Gasteiger charge is 2.19. The Morgan fingerprint density at radius 2 is 1.27 bits per heavy atom. The van der Waals surface area contributed by atoms with Crippen molar-refractivity contribution >= 4 is 0 Å². The van der Waals surface area contributed by atoms with E-state index >= 15 is 0 Å². The van der Waals surface area contributed by atoms with Crippen molar-refractivity contribution in [1.29, 1.82) is 0 Å². The molecule has 1 unspecified atom stereocenters. The van der Waals surface area contributed by atoms with Crippen molar-refractivity contribution in [2.24, 2.45) is 11.3 Å². The van der Waals surface area contributed by atoms with Gasteiger partial charge in [0, 0.05) is 0 Å². The van der Waals surface area contributed by atoms with Gasteiger partial charge in [0.25, 0.3) is 0 Å². The maximum Gasteiger partial charge on any atom is 0.0785 e. The van der Waals surface area contributed by atoms with E-state index in [-0.39, 0.29) is 0 Å². The van der Waals surface area contributed by atoms with Crippen molar-refractivity contribution in [1.82, 2.24) is 0 Å². The van der Waals surface area contributed by atoms with Crippen LogP contribution in [0.25, 0.3) is 0 Å². The maximum absolute atomic E-state index is 2.43. The molecule has 0 aromatic carbocycles. The van der Waals surface area contributed by atoms with Crippen LogP contribution in [0.1, 0.15) is 98.8 Å². The Hall–Kier alpha value is -0.0400. The summed E-state index contributed by atoms with van der Waals surface area (Å²) in [6.45, 7) is 14.5. The van der Waals surface area contributed by atoms with Gasteiger partial charge in [-0.3, -0.25) is 0 Å². The van der Waals surface area contributed by atoms with Gasteiger partial charge in [0.05, 0.1) is 27.2 Å². The first kappa shape index (κ1) is 22.0. The van der Waals surface area contributed by atoms with E-state index < -0.39 is 0 Å². The molecule has 0 aromatic rings. The normalized spacial score (nSPS) is 14.3. The Balaban J connectivity index is 3.64. The molecule has 0 aromatic heterocycles. The number of unbranched alkanes of at least 4 members (excludes halogenated alkanes) is 7. The Morgan fingerprint density at radius 3 is 1.77 bits per heavy atom. The zero-order chi connectivity index (χ0) is 17.1. The number of nitrogens with zero attached hydrogens (tertiary/aromatic N) is 1. The standard InChI is InChI=1S/C21H46N/c1-8-9-10-11-12-13-14-15-17-22(6,7)18-16-20(2)19-21(3,4)5/h20H,8-19H2,1-7H3/q+1. The monoisotopic (exact) mass is 312 g/mol. The lowest BCUT2D eigenvalue weighted by atomic mass is 9.84. The highest BCUT2D eigenvalue weighted by Crippen LogP contribution is 2.26. The quantitative estimate of drug-likeness (QED) is 0.263. The fraction of sp³-hybridized carbons (Fsp3) is 1.00. The van der Waals surface area contributed by atoms with Crippen LogP contribution in [0.5, 0.6) is 0 Å². The molecule has 22 heavy (non-hydrogen) atoms. The first-order chi connectivity index (χ1) is 10.2. The van der Waals surface area contributed by atoms with Crippen LogP contribution in [0.2, 0.25) is 0 Å². The van der Waals surface area contributed by atoms with Crippen molar-refractivity contribution < 1.29 is 4.48 Å². The largest absolute Gasteiger partial charge is 0.328 e. The lowest BCUT2D eigenvalue weighted by Crippen LogP contribution is -2.42. The highest BCUT2D eigenvalue weighted by atomic mass is 15.3. The second-order valence-corrected chi connectivity index (χ2v) is 9.52. The molecule has 0 saturated carbocycles. The van der Waals surface area contributed by atoms with Gasteiger partial charge in [-0.15, -0.1) is 0 Å². The van der Waals surface area contributed by atoms with Crippen molar-refractivity contribution in [3.05, 3.63) is 0 Å². The molecule has 0 saturated heterocycles. The van der Waals surface area contributed by atoms with Crippen LogP contribution >= 0.6 is 0 Å². The van der Waals surface area contributed by atoms with Gasteiger partial charge in [-0.25, -0.2) is 0 Å². The molecule has 0 heterocycles. The Labute approximate surface area is 142 Å². The summed E-state index contributed by atoms with van der Waals surface area (Å²) in [5.41, 5.74) is 0.480. The minimum Gasteiger partial charge on any atom is -0.328 e. The summed E-state index contributed by atoms with van der Waals surface area (Å²) in [7, 11) is 4.84. The average molecular weight is 313 g/mol. The predicted molar refractivity (Wildman–Crippen MR) is 102 cm³/mol. The summed E-state index contributed by atoms with van der Waals surface area (Å²) in [6.07, 6.45) is 14.2. The van der Waals surface area contributed by atoms with Gasteiger partial charge in [-0.1, -0.05) is 73.1 Å². The second kappa shape index (κ2) is 11.5. The van der Waals surface area contributed by atoms with Crippen molar-refractivity contribution in [2.45, 2.75) is 98.8 Å². The van der Waals surface area contributed by atoms with Crippen LogP contribution < -0.4 is 0 Å². The molecule has 1 atom stereocenters. The number of hydrogen-bond donors (Lipinski definition) is 0. The van der Waals surface area contributed by atoms with E-state index in [2.05, 4.69) is 48.7 Å². The first-order valence-electron chi connectivity index (χ1n) is 9.98. The zero-order valence-electron chi connectivity index (χ0n) is 17.0. The van der Waals surface area contributed by atoms with Crippen molar-refractivity contribution in [2.75, 3.05) is 27.2 Å². The molecule has 0 amide bonds. The van der Waals surface area contributed by atoms with Crippen LogP contribution in [0, 0.1) is 11.3 Å². The van der Waals surface area contributed by atoms with E-state index in [9.17, 15) is 0 Å². The van der Waals surface area contributed by atoms with Crippen LogP contribution in [0.4, 0.5) is 0 Å². The molecule has 0 radical (unpaired) electrons. The summed E-state index contributed by atoms with van der Waals surface area (Å²) in [5.74, 6) is 0.857. The van der Waals surface area contributed by atoms with Crippen LogP contribution in [0.15, 0.2) is 0 Å². The van der Waals surface area contributed by atoms with E-state index in [0.717, 1.165) is 5.92 Å². The van der Waals surface area contributed by atoms with Crippen LogP contribution in [0.3, 0.4) is 0 Å². The van der Waals surface area contributed by atoms with Gasteiger partial charge in [0.1, 0.15) is 0 Å². The van der Waals surface area contributed by atoms with E-state index in [4.69, 9.17) is 0 Å². The minimum absolute atomic E-state index is 0.480. The number of rotatable bonds is 13. The van der Waals surface area contributed by atoms with Gasteiger partial charge in [0.2, 0.25) is 0 Å². The molecule has 0 N–H and O–H groups in total. The second-order valence-electron chi connectivity index (χ2n) is 9.52. The maximum atomic E-state index is 2.43. The van der Waals surface area contributed by atoms with Gasteiger partial charge in [-0.05, 0) is 37.0 Å². The molecular formula is C21H46N+. The topological polar surface area (TPSA) is 0 Å². The first-order valence-corrected chi connectivity index (χ1v) is 9.98. The Kier molecular flexibility index (Phi) is 11.5. The fourth-order valence-corrected chi connectivity index (χ4v) is 3.50. The molecule has 0 spiro atoms. The lowest BCUT2D eigenvalue weighted by molar-refractivity contribution is -0.891. The van der Waals surface area contributed by atoms with E-state index in [0.29, 0.717) is 5.41 Å². The smallest absolute Gasteiger partial charge is 0.0785 e. The van der Waals surface area contributed by atoms with Gasteiger partial charge >= 0.3 is 0 Å². The molecule has 1 heteroatoms. The van der Waals surface area contributed by atoms with Gasteiger partial charge in [0.15, 0.2) is 0 Å². The van der Waals surface area contributed by atoms with E-state index in [1.807, 2.05) is 0 Å². The van der Waals surface area contributed by atoms with Crippen molar-refractivity contribution in [3.8, 4) is 0 Å². The van der Waals surface area contributed by atoms with Gasteiger partial charge in [-0.2, -0.15) is 0 Å². The highest BCUT2D eigenvalue weighted by molar-refractivity contribution is 4.66. The molecule has 0 fully saturated rings. The van der Waals surface area contributed by atoms with E-state index in [1.54, 1.807) is 0 Å². The molecular weight excluding hydrogens is 266 g/mol. The third-order valence-corrected chi connectivity index (χ3v) is 4.81. The predicted octanol–water partition coefficient (Wildman–Crippen LogP) is 6.67. The summed E-state index contributed by atoms with van der Waals surface area (Å²) in [4.78, 5) is 0. The minimum atomic E-state index is 0.480. The molecule has 0 bridgehead atoms. The summed E-state index contributed by atoms with van der Waals surface area (Å²) >= 11 is 0. The van der Waals surface area contributed by atoms with E-state index in [1.165, 1.54) is 81.8 Å². The molecule has 0 aliphatic rings. The van der Waals surface area contributed by atoms with Crippen LogP contribution in [-0.4, -0.2) is 31.7 Å². The fourth-order valence-electron chi connectivity index (χ4n) is 3.50. The zero-order valence-corrected chi connectivity index (χ0v) is 17.0. The number of quaternary nitrogens is 1. The molecule has 0 aliphatic heterocycles. The molecule has 0 rings (SSSR count). The SMILES string of the molecule is CCCCCCCCCC[N+](C)(C)CCC(C)CC(C)(C)C. The number of hydrogen-bond acceptors (Lipinski definition) is 0. The average Bonchev–Trinajstić information content (AvgIpc) is 2.38. The molecule has 0 aliphatic carbocycles. The summed E-state index contributed by atoms with van der Waals surface area (Å²) < 4.78 is 1.21. The Bertz CT molecular complexity index is 249. The van der Waals surface area contributed by atoms with Crippen LogP contribution in [-0.2, 0) is 0 Å². The molecule has 1 nitrogen and oxygen atoms in total.